The van der Waals surface area contributed by atoms with E-state index in [4.69, 9.17) is 9.40 Å². The number of fused-ring (bicyclic) bond motifs is 1. The molecule has 5 aromatic rings. The lowest BCUT2D eigenvalue weighted by molar-refractivity contribution is 0.0928. The van der Waals surface area contributed by atoms with Gasteiger partial charge in [0.15, 0.2) is 5.58 Å². The van der Waals surface area contributed by atoms with E-state index in [0.717, 1.165) is 29.7 Å². The molecule has 194 valence electrons. The van der Waals surface area contributed by atoms with Crippen molar-refractivity contribution < 1.29 is 18.4 Å². The minimum absolute atomic E-state index is 0.187. The molecule has 2 amide bonds. The van der Waals surface area contributed by atoms with E-state index < -0.39 is 5.54 Å². The Morgan fingerprint density at radius 3 is 2.46 bits per heavy atom. The van der Waals surface area contributed by atoms with Crippen LogP contribution in [0.3, 0.4) is 0 Å². The summed E-state index contributed by atoms with van der Waals surface area (Å²) in [7, 11) is 1.53. The van der Waals surface area contributed by atoms with Crippen LogP contribution in [0.5, 0.6) is 0 Å². The summed E-state index contributed by atoms with van der Waals surface area (Å²) in [6.45, 7) is 1.94. The predicted molar refractivity (Wildman–Crippen MR) is 146 cm³/mol. The summed E-state index contributed by atoms with van der Waals surface area (Å²) < 4.78 is 19.5. The van der Waals surface area contributed by atoms with Crippen molar-refractivity contribution in [2.75, 3.05) is 7.05 Å². The molecule has 0 aliphatic heterocycles. The van der Waals surface area contributed by atoms with Crippen molar-refractivity contribution in [2.24, 2.45) is 0 Å². The molecule has 1 saturated carbocycles. The first-order valence-electron chi connectivity index (χ1n) is 12.7. The van der Waals surface area contributed by atoms with Gasteiger partial charge in [0.1, 0.15) is 22.7 Å². The summed E-state index contributed by atoms with van der Waals surface area (Å²) in [4.78, 5) is 35.5. The number of amides is 2. The molecule has 0 bridgehead atoms. The molecule has 2 aromatic carbocycles. The summed E-state index contributed by atoms with van der Waals surface area (Å²) in [5, 5.41) is 5.81. The average Bonchev–Trinajstić information content (AvgIpc) is 3.65. The number of furan rings is 1. The molecular formula is C31H25FN4O3. The fraction of sp³-hybridized carbons (Fsp3) is 0.161. The van der Waals surface area contributed by atoms with Crippen molar-refractivity contribution >= 4 is 22.9 Å². The zero-order valence-corrected chi connectivity index (χ0v) is 21.4. The maximum Gasteiger partial charge on any atom is 0.257 e. The number of nitrogens with zero attached hydrogens (tertiary/aromatic N) is 2. The van der Waals surface area contributed by atoms with Gasteiger partial charge in [-0.25, -0.2) is 9.37 Å². The third-order valence-electron chi connectivity index (χ3n) is 7.13. The zero-order valence-electron chi connectivity index (χ0n) is 21.4. The topological polar surface area (TPSA) is 97.1 Å². The van der Waals surface area contributed by atoms with Gasteiger partial charge in [-0.05, 0) is 86.0 Å². The number of hydrogen-bond donors (Lipinski definition) is 2. The zero-order chi connectivity index (χ0) is 27.1. The Morgan fingerprint density at radius 1 is 0.974 bits per heavy atom. The van der Waals surface area contributed by atoms with Gasteiger partial charge in [0.25, 0.3) is 11.8 Å². The van der Waals surface area contributed by atoms with Crippen molar-refractivity contribution in [3.05, 3.63) is 107 Å². The van der Waals surface area contributed by atoms with Crippen molar-refractivity contribution in [3.63, 3.8) is 0 Å². The quantitative estimate of drug-likeness (QED) is 0.296. The first-order valence-corrected chi connectivity index (χ1v) is 12.7. The Labute approximate surface area is 224 Å². The van der Waals surface area contributed by atoms with Crippen LogP contribution in [0, 0.1) is 12.7 Å². The third kappa shape index (κ3) is 4.44. The van der Waals surface area contributed by atoms with Crippen LogP contribution in [0.2, 0.25) is 0 Å². The van der Waals surface area contributed by atoms with Gasteiger partial charge < -0.3 is 15.1 Å². The Hall–Kier alpha value is -4.85. The molecule has 0 radical (unpaired) electrons. The van der Waals surface area contributed by atoms with Gasteiger partial charge in [-0.15, -0.1) is 0 Å². The molecule has 1 aliphatic rings. The SMILES string of the molecule is CNC(=O)c1c(-c2ccc(F)cc2)oc2ccc(-c3cc(C(=O)NC4(c5ccccn5)CC4)ccc3C)nc12. The molecule has 0 unspecified atom stereocenters. The van der Waals surface area contributed by atoms with Gasteiger partial charge in [-0.2, -0.15) is 0 Å². The van der Waals surface area contributed by atoms with E-state index in [1.165, 1.54) is 19.2 Å². The van der Waals surface area contributed by atoms with Crippen molar-refractivity contribution in [1.82, 2.24) is 20.6 Å². The Morgan fingerprint density at radius 2 is 1.77 bits per heavy atom. The van der Waals surface area contributed by atoms with Crippen LogP contribution in [0.4, 0.5) is 4.39 Å². The van der Waals surface area contributed by atoms with Crippen LogP contribution < -0.4 is 10.6 Å². The predicted octanol–water partition coefficient (Wildman–Crippen LogP) is 5.78. The molecule has 0 saturated heterocycles. The van der Waals surface area contributed by atoms with E-state index in [1.54, 1.807) is 36.5 Å². The van der Waals surface area contributed by atoms with Crippen LogP contribution in [-0.4, -0.2) is 28.8 Å². The van der Waals surface area contributed by atoms with Gasteiger partial charge in [0.2, 0.25) is 0 Å². The molecule has 2 N–H and O–H groups in total. The van der Waals surface area contributed by atoms with E-state index in [0.29, 0.717) is 33.7 Å². The summed E-state index contributed by atoms with van der Waals surface area (Å²) in [5.41, 5.74) is 4.84. The second-order valence-corrected chi connectivity index (χ2v) is 9.72. The smallest absolute Gasteiger partial charge is 0.257 e. The molecule has 3 heterocycles. The maximum absolute atomic E-state index is 13.5. The number of rotatable bonds is 6. The molecule has 3 aromatic heterocycles. The van der Waals surface area contributed by atoms with Crippen molar-refractivity contribution in [3.8, 4) is 22.6 Å². The molecule has 8 heteroatoms. The van der Waals surface area contributed by atoms with Crippen molar-refractivity contribution in [1.29, 1.82) is 0 Å². The van der Waals surface area contributed by atoms with Gasteiger partial charge in [0.05, 0.1) is 16.9 Å². The second-order valence-electron chi connectivity index (χ2n) is 9.72. The van der Waals surface area contributed by atoms with Gasteiger partial charge >= 0.3 is 0 Å². The Bertz CT molecular complexity index is 1720. The first kappa shape index (κ1) is 24.5. The molecule has 0 spiro atoms. The van der Waals surface area contributed by atoms with Crippen LogP contribution in [0.15, 0.2) is 83.4 Å². The normalized spacial score (nSPS) is 13.7. The lowest BCUT2D eigenvalue weighted by Crippen LogP contribution is -2.35. The molecule has 1 aliphatic carbocycles. The number of nitrogens with one attached hydrogen (secondary N) is 2. The van der Waals surface area contributed by atoms with E-state index in [9.17, 15) is 14.0 Å². The minimum atomic E-state index is -0.434. The highest BCUT2D eigenvalue weighted by molar-refractivity contribution is 6.10. The van der Waals surface area contributed by atoms with Crippen molar-refractivity contribution in [2.45, 2.75) is 25.3 Å². The van der Waals surface area contributed by atoms with E-state index in [2.05, 4.69) is 15.6 Å². The molecule has 7 nitrogen and oxygen atoms in total. The average molecular weight is 521 g/mol. The number of aryl methyl sites for hydroxylation is 1. The van der Waals surface area contributed by atoms with Crippen LogP contribution in [-0.2, 0) is 5.54 Å². The van der Waals surface area contributed by atoms with E-state index >= 15 is 0 Å². The van der Waals surface area contributed by atoms with E-state index in [-0.39, 0.29) is 23.2 Å². The fourth-order valence-corrected chi connectivity index (χ4v) is 4.81. The van der Waals surface area contributed by atoms with Gasteiger partial charge in [0, 0.05) is 29.9 Å². The number of pyridine rings is 2. The highest BCUT2D eigenvalue weighted by atomic mass is 19.1. The Kier molecular flexibility index (Phi) is 5.95. The number of aromatic nitrogens is 2. The Balaban J connectivity index is 1.39. The number of benzene rings is 2. The van der Waals surface area contributed by atoms with Crippen LogP contribution >= 0.6 is 0 Å². The summed E-state index contributed by atoms with van der Waals surface area (Å²) in [6, 6.07) is 20.5. The van der Waals surface area contributed by atoms with E-state index in [1.807, 2.05) is 37.3 Å². The summed E-state index contributed by atoms with van der Waals surface area (Å²) in [5.74, 6) is -0.632. The number of carbonyl (C=O) groups is 2. The molecular weight excluding hydrogens is 495 g/mol. The number of halogens is 1. The lowest BCUT2D eigenvalue weighted by Gasteiger charge is -2.17. The van der Waals surface area contributed by atoms with Crippen LogP contribution in [0.1, 0.15) is 44.8 Å². The van der Waals surface area contributed by atoms with Crippen LogP contribution in [0.25, 0.3) is 33.7 Å². The highest BCUT2D eigenvalue weighted by Crippen LogP contribution is 2.44. The molecule has 39 heavy (non-hydrogen) atoms. The minimum Gasteiger partial charge on any atom is -0.454 e. The second kappa shape index (κ2) is 9.47. The molecule has 1 fully saturated rings. The lowest BCUT2D eigenvalue weighted by atomic mass is 10.0. The third-order valence-corrected chi connectivity index (χ3v) is 7.13. The fourth-order valence-electron chi connectivity index (χ4n) is 4.81. The summed E-state index contributed by atoms with van der Waals surface area (Å²) in [6.07, 6.45) is 3.41. The number of hydrogen-bond acceptors (Lipinski definition) is 5. The van der Waals surface area contributed by atoms with Gasteiger partial charge in [-0.1, -0.05) is 12.1 Å². The standard InChI is InChI=1S/C31H25FN4O3/c1-18-6-7-20(29(37)36-31(14-15-31)25-5-3-4-16-34-25)17-22(18)23-12-13-24-27(35-23)26(30(38)33-2)28(39-24)19-8-10-21(32)11-9-19/h3-13,16-17H,14-15H2,1-2H3,(H,33,38)(H,36,37). The maximum atomic E-state index is 13.5. The summed E-state index contributed by atoms with van der Waals surface area (Å²) >= 11 is 0. The first-order chi connectivity index (χ1) is 18.9. The molecule has 0 atom stereocenters. The monoisotopic (exact) mass is 520 g/mol. The largest absolute Gasteiger partial charge is 0.454 e. The number of carbonyl (C=O) groups excluding carboxylic acids is 2. The highest BCUT2D eigenvalue weighted by Gasteiger charge is 2.47. The molecule has 6 rings (SSSR count). The van der Waals surface area contributed by atoms with Gasteiger partial charge in [-0.3, -0.25) is 14.6 Å².